The predicted octanol–water partition coefficient (Wildman–Crippen LogP) is -1.03. The predicted molar refractivity (Wildman–Crippen MR) is 63.9 cm³/mol. The van der Waals surface area contributed by atoms with E-state index in [0.29, 0.717) is 13.1 Å². The van der Waals surface area contributed by atoms with E-state index in [2.05, 4.69) is 16.4 Å². The van der Waals surface area contributed by atoms with E-state index in [1.165, 1.54) is 6.20 Å². The third kappa shape index (κ3) is 4.12. The number of carbonyl (C=O) groups is 1. The highest BCUT2D eigenvalue weighted by molar-refractivity contribution is 5.91. The number of nitrogens with two attached hydrogens (primary N) is 1. The highest BCUT2D eigenvalue weighted by atomic mass is 16.2. The zero-order valence-electron chi connectivity index (χ0n) is 10.5. The van der Waals surface area contributed by atoms with Crippen LogP contribution in [0.2, 0.25) is 0 Å². The quantitative estimate of drug-likeness (QED) is 0.380. The number of likely N-dealkylation sites (N-methyl/N-ethyl adjacent to an activating group) is 1. The van der Waals surface area contributed by atoms with Gasteiger partial charge in [0.25, 0.3) is 5.91 Å². The molecule has 1 aromatic heterocycles. The Bertz CT molecular complexity index is 436. The van der Waals surface area contributed by atoms with E-state index in [-0.39, 0.29) is 11.6 Å². The van der Waals surface area contributed by atoms with Gasteiger partial charge in [-0.05, 0) is 14.0 Å². The summed E-state index contributed by atoms with van der Waals surface area (Å²) in [6.07, 6.45) is 1.53. The average Bonchev–Trinajstić information content (AvgIpc) is 2.84. The molecule has 1 rings (SSSR count). The number of nitriles is 1. The molecule has 1 aromatic rings. The molecule has 1 unspecified atom stereocenters. The van der Waals surface area contributed by atoms with Gasteiger partial charge in [-0.1, -0.05) is 5.21 Å². The molecule has 0 radical (unpaired) electrons. The standard InChI is InChI=1S/C10H17N7O/c1-8(5-11)6-16(2)3-4-17-7-9(14-15-17)10(18)13-12/h7-8H,3-4,6,12H2,1-2H3,(H,13,18). The van der Waals surface area contributed by atoms with Gasteiger partial charge in [-0.2, -0.15) is 5.26 Å². The second-order valence-corrected chi connectivity index (χ2v) is 4.13. The van der Waals surface area contributed by atoms with Crippen LogP contribution in [-0.2, 0) is 6.54 Å². The minimum atomic E-state index is -0.465. The second kappa shape index (κ2) is 6.68. The molecule has 0 spiro atoms. The number of rotatable bonds is 6. The van der Waals surface area contributed by atoms with Crippen LogP contribution in [0.4, 0.5) is 0 Å². The van der Waals surface area contributed by atoms with Gasteiger partial charge in [0.1, 0.15) is 0 Å². The second-order valence-electron chi connectivity index (χ2n) is 4.13. The summed E-state index contributed by atoms with van der Waals surface area (Å²) < 4.78 is 1.57. The highest BCUT2D eigenvalue weighted by Gasteiger charge is 2.09. The maximum absolute atomic E-state index is 11.2. The monoisotopic (exact) mass is 251 g/mol. The zero-order chi connectivity index (χ0) is 13.5. The Hall–Kier alpha value is -1.98. The smallest absolute Gasteiger partial charge is 0.287 e. The first-order valence-electron chi connectivity index (χ1n) is 5.56. The molecule has 0 bridgehead atoms. The van der Waals surface area contributed by atoms with E-state index in [1.807, 2.05) is 24.3 Å². The summed E-state index contributed by atoms with van der Waals surface area (Å²) in [4.78, 5) is 13.2. The summed E-state index contributed by atoms with van der Waals surface area (Å²) in [5.74, 6) is 4.52. The number of amides is 1. The number of carbonyl (C=O) groups excluding carboxylic acids is 1. The van der Waals surface area contributed by atoms with E-state index < -0.39 is 5.91 Å². The zero-order valence-corrected chi connectivity index (χ0v) is 10.5. The van der Waals surface area contributed by atoms with E-state index in [0.717, 1.165) is 6.54 Å². The molecule has 0 saturated carbocycles. The van der Waals surface area contributed by atoms with Crippen LogP contribution in [0.5, 0.6) is 0 Å². The first kappa shape index (κ1) is 14.1. The summed E-state index contributed by atoms with van der Waals surface area (Å²) in [6.45, 7) is 3.88. The lowest BCUT2D eigenvalue weighted by molar-refractivity contribution is 0.0948. The van der Waals surface area contributed by atoms with Crippen molar-refractivity contribution in [1.82, 2.24) is 25.3 Å². The van der Waals surface area contributed by atoms with Gasteiger partial charge >= 0.3 is 0 Å². The third-order valence-corrected chi connectivity index (χ3v) is 2.42. The van der Waals surface area contributed by atoms with Gasteiger partial charge in [0.15, 0.2) is 5.69 Å². The topological polar surface area (TPSA) is 113 Å². The lowest BCUT2D eigenvalue weighted by Gasteiger charge is -2.17. The Morgan fingerprint density at radius 1 is 1.78 bits per heavy atom. The molecule has 0 aromatic carbocycles. The molecule has 0 aliphatic heterocycles. The number of nitrogens with zero attached hydrogens (tertiary/aromatic N) is 5. The molecule has 1 heterocycles. The van der Waals surface area contributed by atoms with Crippen molar-refractivity contribution in [3.05, 3.63) is 11.9 Å². The fourth-order valence-electron chi connectivity index (χ4n) is 1.46. The molecule has 1 amide bonds. The van der Waals surface area contributed by atoms with Crippen LogP contribution in [-0.4, -0.2) is 45.9 Å². The van der Waals surface area contributed by atoms with Gasteiger partial charge in [-0.15, -0.1) is 5.10 Å². The van der Waals surface area contributed by atoms with Crippen molar-refractivity contribution in [1.29, 1.82) is 5.26 Å². The summed E-state index contributed by atoms with van der Waals surface area (Å²) in [5, 5.41) is 16.2. The Morgan fingerprint density at radius 3 is 3.11 bits per heavy atom. The van der Waals surface area contributed by atoms with Crippen molar-refractivity contribution in [3.63, 3.8) is 0 Å². The normalized spacial score (nSPS) is 12.2. The van der Waals surface area contributed by atoms with Crippen LogP contribution in [0.3, 0.4) is 0 Å². The minimum Gasteiger partial charge on any atom is -0.303 e. The minimum absolute atomic E-state index is 0.00988. The van der Waals surface area contributed by atoms with Gasteiger partial charge in [0, 0.05) is 13.1 Å². The van der Waals surface area contributed by atoms with Crippen molar-refractivity contribution in [2.24, 2.45) is 11.8 Å². The largest absolute Gasteiger partial charge is 0.303 e. The SMILES string of the molecule is CC(C#N)CN(C)CCn1cc(C(=O)NN)nn1. The molecule has 0 saturated heterocycles. The van der Waals surface area contributed by atoms with Crippen molar-refractivity contribution in [3.8, 4) is 6.07 Å². The molecular weight excluding hydrogens is 234 g/mol. The number of aromatic nitrogens is 3. The first-order chi connectivity index (χ1) is 8.56. The lowest BCUT2D eigenvalue weighted by Crippen LogP contribution is -2.30. The first-order valence-corrected chi connectivity index (χ1v) is 5.56. The third-order valence-electron chi connectivity index (χ3n) is 2.42. The molecule has 8 heteroatoms. The van der Waals surface area contributed by atoms with Crippen molar-refractivity contribution in [2.75, 3.05) is 20.1 Å². The molecule has 8 nitrogen and oxygen atoms in total. The lowest BCUT2D eigenvalue weighted by atomic mass is 10.2. The van der Waals surface area contributed by atoms with Crippen molar-refractivity contribution < 1.29 is 4.79 Å². The van der Waals surface area contributed by atoms with Gasteiger partial charge < -0.3 is 4.90 Å². The Balaban J connectivity index is 2.42. The Labute approximate surface area is 105 Å². The molecular formula is C10H17N7O. The molecule has 0 aliphatic rings. The van der Waals surface area contributed by atoms with Crippen LogP contribution >= 0.6 is 0 Å². The molecule has 1 atom stereocenters. The molecule has 3 N–H and O–H groups in total. The van der Waals surface area contributed by atoms with Crippen LogP contribution in [0.25, 0.3) is 0 Å². The van der Waals surface area contributed by atoms with Crippen LogP contribution in [0, 0.1) is 17.2 Å². The van der Waals surface area contributed by atoms with Gasteiger partial charge in [0.2, 0.25) is 0 Å². The molecule has 0 aliphatic carbocycles. The summed E-state index contributed by atoms with van der Waals surface area (Å²) in [7, 11) is 1.93. The van der Waals surface area contributed by atoms with Gasteiger partial charge in [-0.25, -0.2) is 5.84 Å². The number of nitrogens with one attached hydrogen (secondary N) is 1. The molecule has 0 fully saturated rings. The number of hydrogen-bond acceptors (Lipinski definition) is 6. The van der Waals surface area contributed by atoms with Crippen LogP contribution in [0.15, 0.2) is 6.20 Å². The Kier molecular flexibility index (Phi) is 5.23. The number of hydrogen-bond donors (Lipinski definition) is 2. The van der Waals surface area contributed by atoms with E-state index in [9.17, 15) is 4.79 Å². The highest BCUT2D eigenvalue weighted by Crippen LogP contribution is 1.97. The average molecular weight is 251 g/mol. The van der Waals surface area contributed by atoms with Gasteiger partial charge in [-0.3, -0.25) is 14.9 Å². The van der Waals surface area contributed by atoms with Crippen LogP contribution in [0.1, 0.15) is 17.4 Å². The maximum Gasteiger partial charge on any atom is 0.287 e. The van der Waals surface area contributed by atoms with Gasteiger partial charge in [0.05, 0.1) is 24.7 Å². The van der Waals surface area contributed by atoms with E-state index in [1.54, 1.807) is 4.68 Å². The summed E-state index contributed by atoms with van der Waals surface area (Å²) in [6, 6.07) is 2.18. The maximum atomic E-state index is 11.2. The summed E-state index contributed by atoms with van der Waals surface area (Å²) >= 11 is 0. The van der Waals surface area contributed by atoms with Crippen molar-refractivity contribution in [2.45, 2.75) is 13.5 Å². The number of hydrazine groups is 1. The number of nitrogen functional groups attached to an aromatic ring is 1. The van der Waals surface area contributed by atoms with E-state index in [4.69, 9.17) is 11.1 Å². The fraction of sp³-hybridized carbons (Fsp3) is 0.600. The van der Waals surface area contributed by atoms with Crippen LogP contribution < -0.4 is 11.3 Å². The molecule has 98 valence electrons. The fourth-order valence-corrected chi connectivity index (χ4v) is 1.46. The molecule has 18 heavy (non-hydrogen) atoms. The Morgan fingerprint density at radius 2 is 2.50 bits per heavy atom. The summed E-state index contributed by atoms with van der Waals surface area (Å²) in [5.41, 5.74) is 2.18. The van der Waals surface area contributed by atoms with Crippen molar-refractivity contribution >= 4 is 5.91 Å². The van der Waals surface area contributed by atoms with E-state index >= 15 is 0 Å².